The summed E-state index contributed by atoms with van der Waals surface area (Å²) in [5, 5.41) is 2.91. The van der Waals surface area contributed by atoms with Crippen molar-refractivity contribution in [1.29, 1.82) is 0 Å². The number of rotatable bonds is 12. The third-order valence-electron chi connectivity index (χ3n) is 6.44. The summed E-state index contributed by atoms with van der Waals surface area (Å²) in [5.74, 6) is -0.462. The molecule has 8 heteroatoms. The summed E-state index contributed by atoms with van der Waals surface area (Å²) in [6, 6.07) is 22.5. The fourth-order valence-corrected chi connectivity index (χ4v) is 5.78. The average Bonchev–Trinajstić information content (AvgIpc) is 2.90. The van der Waals surface area contributed by atoms with E-state index in [1.807, 2.05) is 64.1 Å². The zero-order chi connectivity index (χ0) is 28.6. The number of anilines is 1. The van der Waals surface area contributed by atoms with Gasteiger partial charge in [0.1, 0.15) is 12.6 Å². The van der Waals surface area contributed by atoms with Gasteiger partial charge in [0.05, 0.1) is 10.6 Å². The van der Waals surface area contributed by atoms with Gasteiger partial charge in [-0.05, 0) is 74.1 Å². The molecule has 39 heavy (non-hydrogen) atoms. The Bertz CT molecular complexity index is 1340. The van der Waals surface area contributed by atoms with Crippen molar-refractivity contribution < 1.29 is 18.0 Å². The van der Waals surface area contributed by atoms with E-state index in [-0.39, 0.29) is 23.3 Å². The number of benzene rings is 3. The number of nitrogens with zero attached hydrogens (tertiary/aromatic N) is 2. The lowest BCUT2D eigenvalue weighted by atomic mass is 10.1. The highest BCUT2D eigenvalue weighted by molar-refractivity contribution is 7.92. The van der Waals surface area contributed by atoms with Crippen LogP contribution in [-0.2, 0) is 26.0 Å². The summed E-state index contributed by atoms with van der Waals surface area (Å²) in [6.45, 7) is 9.78. The van der Waals surface area contributed by atoms with E-state index in [9.17, 15) is 18.0 Å². The molecule has 0 aliphatic heterocycles. The number of nitrogens with one attached hydrogen (secondary N) is 1. The maximum absolute atomic E-state index is 13.9. The van der Waals surface area contributed by atoms with E-state index >= 15 is 0 Å². The first-order valence-corrected chi connectivity index (χ1v) is 14.7. The van der Waals surface area contributed by atoms with Crippen LogP contribution in [-0.4, -0.2) is 50.8 Å². The maximum atomic E-state index is 13.9. The Morgan fingerprint density at radius 1 is 0.846 bits per heavy atom. The van der Waals surface area contributed by atoms with E-state index in [1.165, 1.54) is 17.0 Å². The van der Waals surface area contributed by atoms with Crippen molar-refractivity contribution in [2.24, 2.45) is 5.92 Å². The standard InChI is InChI=1S/C31H39N3O4S/c1-23(2)21-32-31(36)26(5)33(17-16-27-12-8-6-9-13-27)30(35)22-34(28-19-24(3)18-25(4)20-28)39(37,38)29-14-10-7-11-15-29/h6-15,18-20,23,26H,16-17,21-22H2,1-5H3,(H,32,36)/t26-/m0/s1. The van der Waals surface area contributed by atoms with Gasteiger partial charge < -0.3 is 10.2 Å². The Hall–Kier alpha value is -3.65. The van der Waals surface area contributed by atoms with Crippen molar-refractivity contribution in [3.63, 3.8) is 0 Å². The van der Waals surface area contributed by atoms with Gasteiger partial charge in [0, 0.05) is 13.1 Å². The minimum absolute atomic E-state index is 0.0931. The first kappa shape index (κ1) is 29.9. The molecule has 0 saturated heterocycles. The quantitative estimate of drug-likeness (QED) is 0.354. The van der Waals surface area contributed by atoms with Crippen LogP contribution in [0.15, 0.2) is 83.8 Å². The summed E-state index contributed by atoms with van der Waals surface area (Å²) < 4.78 is 28.9. The smallest absolute Gasteiger partial charge is 0.264 e. The van der Waals surface area contributed by atoms with Gasteiger partial charge in [0.25, 0.3) is 10.0 Å². The summed E-state index contributed by atoms with van der Waals surface area (Å²) in [5.41, 5.74) is 3.19. The predicted octanol–water partition coefficient (Wildman–Crippen LogP) is 4.73. The molecule has 7 nitrogen and oxygen atoms in total. The number of carbonyl (C=O) groups is 2. The lowest BCUT2D eigenvalue weighted by Gasteiger charge is -2.32. The van der Waals surface area contributed by atoms with E-state index in [2.05, 4.69) is 5.32 Å². The normalized spacial score (nSPS) is 12.2. The molecule has 3 rings (SSSR count). The SMILES string of the molecule is Cc1cc(C)cc(N(CC(=O)N(CCc2ccccc2)[C@@H](C)C(=O)NCC(C)C)S(=O)(=O)c2ccccc2)c1. The fourth-order valence-electron chi connectivity index (χ4n) is 4.37. The van der Waals surface area contributed by atoms with Gasteiger partial charge in [-0.25, -0.2) is 8.42 Å². The molecule has 208 valence electrons. The van der Waals surface area contributed by atoms with Crippen LogP contribution < -0.4 is 9.62 Å². The first-order valence-electron chi connectivity index (χ1n) is 13.3. The van der Waals surface area contributed by atoms with E-state index in [4.69, 9.17) is 0 Å². The number of aryl methyl sites for hydroxylation is 2. The predicted molar refractivity (Wildman–Crippen MR) is 156 cm³/mol. The van der Waals surface area contributed by atoms with E-state index in [1.54, 1.807) is 37.3 Å². The van der Waals surface area contributed by atoms with Gasteiger partial charge in [-0.1, -0.05) is 68.4 Å². The third kappa shape index (κ3) is 8.17. The maximum Gasteiger partial charge on any atom is 0.264 e. The summed E-state index contributed by atoms with van der Waals surface area (Å²) in [7, 11) is -4.07. The van der Waals surface area contributed by atoms with Crippen molar-refractivity contribution in [3.05, 3.63) is 95.6 Å². The van der Waals surface area contributed by atoms with Crippen LogP contribution in [0.1, 0.15) is 37.5 Å². The number of hydrogen-bond acceptors (Lipinski definition) is 4. The molecule has 0 spiro atoms. The minimum Gasteiger partial charge on any atom is -0.354 e. The molecule has 0 heterocycles. The molecule has 0 fully saturated rings. The zero-order valence-corrected chi connectivity index (χ0v) is 24.2. The molecule has 1 atom stereocenters. The van der Waals surface area contributed by atoms with Crippen LogP contribution in [0, 0.1) is 19.8 Å². The van der Waals surface area contributed by atoms with Crippen LogP contribution in [0.3, 0.4) is 0 Å². The number of sulfonamides is 1. The molecule has 0 aliphatic rings. The van der Waals surface area contributed by atoms with E-state index < -0.39 is 28.5 Å². The second kappa shape index (κ2) is 13.4. The minimum atomic E-state index is -4.07. The highest BCUT2D eigenvalue weighted by atomic mass is 32.2. The second-order valence-electron chi connectivity index (χ2n) is 10.3. The largest absolute Gasteiger partial charge is 0.354 e. The molecule has 0 radical (unpaired) electrons. The van der Waals surface area contributed by atoms with Crippen LogP contribution in [0.5, 0.6) is 0 Å². The van der Waals surface area contributed by atoms with Crippen molar-refractivity contribution in [2.75, 3.05) is 23.9 Å². The molecular formula is C31H39N3O4S. The van der Waals surface area contributed by atoms with Gasteiger partial charge in [0.15, 0.2) is 0 Å². The lowest BCUT2D eigenvalue weighted by Crippen LogP contribution is -2.52. The third-order valence-corrected chi connectivity index (χ3v) is 8.23. The molecule has 0 bridgehead atoms. The van der Waals surface area contributed by atoms with Gasteiger partial charge in [-0.3, -0.25) is 13.9 Å². The number of carbonyl (C=O) groups excluding carboxylic acids is 2. The summed E-state index contributed by atoms with van der Waals surface area (Å²) in [6.07, 6.45) is 0.531. The monoisotopic (exact) mass is 549 g/mol. The van der Waals surface area contributed by atoms with E-state index in [0.29, 0.717) is 18.7 Å². The Morgan fingerprint density at radius 2 is 1.41 bits per heavy atom. The highest BCUT2D eigenvalue weighted by Crippen LogP contribution is 2.26. The molecule has 2 amide bonds. The summed E-state index contributed by atoms with van der Waals surface area (Å²) >= 11 is 0. The number of hydrogen-bond donors (Lipinski definition) is 1. The Balaban J connectivity index is 1.98. The molecule has 0 saturated carbocycles. The molecular weight excluding hydrogens is 510 g/mol. The van der Waals surface area contributed by atoms with E-state index in [0.717, 1.165) is 21.0 Å². The van der Waals surface area contributed by atoms with Crippen molar-refractivity contribution in [2.45, 2.75) is 52.0 Å². The van der Waals surface area contributed by atoms with Gasteiger partial charge in [-0.2, -0.15) is 0 Å². The Labute approximate surface area is 232 Å². The van der Waals surface area contributed by atoms with Crippen molar-refractivity contribution in [1.82, 2.24) is 10.2 Å². The topological polar surface area (TPSA) is 86.8 Å². The van der Waals surface area contributed by atoms with Crippen molar-refractivity contribution in [3.8, 4) is 0 Å². The first-order chi connectivity index (χ1) is 18.5. The van der Waals surface area contributed by atoms with Crippen LogP contribution >= 0.6 is 0 Å². The van der Waals surface area contributed by atoms with Crippen molar-refractivity contribution >= 4 is 27.5 Å². The lowest BCUT2D eigenvalue weighted by molar-refractivity contribution is -0.138. The average molecular weight is 550 g/mol. The highest BCUT2D eigenvalue weighted by Gasteiger charge is 2.32. The second-order valence-corrected chi connectivity index (χ2v) is 12.2. The molecule has 0 unspecified atom stereocenters. The zero-order valence-electron chi connectivity index (χ0n) is 23.4. The van der Waals surface area contributed by atoms with Gasteiger partial charge >= 0.3 is 0 Å². The Morgan fingerprint density at radius 3 is 1.97 bits per heavy atom. The van der Waals surface area contributed by atoms with Crippen LogP contribution in [0.25, 0.3) is 0 Å². The Kier molecular flexibility index (Phi) is 10.3. The molecule has 0 aromatic heterocycles. The van der Waals surface area contributed by atoms with Crippen LogP contribution in [0.4, 0.5) is 5.69 Å². The van der Waals surface area contributed by atoms with Gasteiger partial charge in [-0.15, -0.1) is 0 Å². The fraction of sp³-hybridized carbons (Fsp3) is 0.355. The molecule has 1 N–H and O–H groups in total. The summed E-state index contributed by atoms with van der Waals surface area (Å²) in [4.78, 5) is 28.5. The number of amides is 2. The molecule has 3 aromatic rings. The van der Waals surface area contributed by atoms with Gasteiger partial charge in [0.2, 0.25) is 11.8 Å². The molecule has 0 aliphatic carbocycles. The van der Waals surface area contributed by atoms with Crippen LogP contribution in [0.2, 0.25) is 0 Å². The molecule has 3 aromatic carbocycles.